The number of pyridine rings is 1. The van der Waals surface area contributed by atoms with E-state index in [9.17, 15) is 24.8 Å². The molecule has 1 atom stereocenters. The van der Waals surface area contributed by atoms with Crippen molar-refractivity contribution in [1.29, 1.82) is 0 Å². The summed E-state index contributed by atoms with van der Waals surface area (Å²) in [5, 5.41) is 21.6. The fraction of sp³-hybridized carbons (Fsp3) is 0.200. The van der Waals surface area contributed by atoms with Crippen LogP contribution in [0.15, 0.2) is 35.3 Å². The van der Waals surface area contributed by atoms with Gasteiger partial charge in [-0.05, 0) is 18.2 Å². The van der Waals surface area contributed by atoms with Gasteiger partial charge in [0.05, 0.1) is 22.7 Å². The molecule has 0 aliphatic rings. The SMILES string of the molecule is NC(=O)c1cc([N+](=O)[O-])cn(C[C@@H](O)COc2ccc(Cl)cc2Cl)c1=O. The van der Waals surface area contributed by atoms with Gasteiger partial charge in [-0.1, -0.05) is 23.2 Å². The van der Waals surface area contributed by atoms with Crippen LogP contribution in [0.5, 0.6) is 5.75 Å². The van der Waals surface area contributed by atoms with Crippen molar-refractivity contribution in [2.75, 3.05) is 6.61 Å². The van der Waals surface area contributed by atoms with Crippen molar-refractivity contribution in [1.82, 2.24) is 4.57 Å². The first kappa shape index (κ1) is 19.7. The van der Waals surface area contributed by atoms with Crippen molar-refractivity contribution < 1.29 is 19.6 Å². The molecule has 26 heavy (non-hydrogen) atoms. The Morgan fingerprint density at radius 1 is 1.38 bits per heavy atom. The number of nitrogens with zero attached hydrogens (tertiary/aromatic N) is 2. The average Bonchev–Trinajstić information content (AvgIpc) is 2.55. The number of rotatable bonds is 7. The molecule has 0 radical (unpaired) electrons. The molecular weight excluding hydrogens is 389 g/mol. The van der Waals surface area contributed by atoms with Gasteiger partial charge in [-0.2, -0.15) is 0 Å². The molecule has 0 aliphatic carbocycles. The molecule has 1 aromatic heterocycles. The van der Waals surface area contributed by atoms with Gasteiger partial charge in [-0.15, -0.1) is 0 Å². The third-order valence-electron chi connectivity index (χ3n) is 3.28. The predicted octanol–water partition coefficient (Wildman–Crippen LogP) is 1.60. The Kier molecular flexibility index (Phi) is 6.19. The van der Waals surface area contributed by atoms with Crippen LogP contribution >= 0.6 is 23.2 Å². The van der Waals surface area contributed by atoms with Crippen LogP contribution in [-0.2, 0) is 6.54 Å². The van der Waals surface area contributed by atoms with Crippen LogP contribution in [0.1, 0.15) is 10.4 Å². The lowest BCUT2D eigenvalue weighted by molar-refractivity contribution is -0.385. The van der Waals surface area contributed by atoms with Crippen molar-refractivity contribution in [2.24, 2.45) is 5.73 Å². The summed E-state index contributed by atoms with van der Waals surface area (Å²) in [7, 11) is 0. The van der Waals surface area contributed by atoms with E-state index in [0.29, 0.717) is 5.02 Å². The Morgan fingerprint density at radius 2 is 2.08 bits per heavy atom. The number of halogens is 2. The van der Waals surface area contributed by atoms with E-state index in [1.54, 1.807) is 6.07 Å². The number of hydrogen-bond donors (Lipinski definition) is 2. The molecule has 0 saturated carbocycles. The van der Waals surface area contributed by atoms with Gasteiger partial charge < -0.3 is 20.1 Å². The van der Waals surface area contributed by atoms with Crippen molar-refractivity contribution in [2.45, 2.75) is 12.6 Å². The third kappa shape index (κ3) is 4.72. The van der Waals surface area contributed by atoms with Gasteiger partial charge in [-0.25, -0.2) is 0 Å². The van der Waals surface area contributed by atoms with Crippen molar-refractivity contribution in [3.63, 3.8) is 0 Å². The summed E-state index contributed by atoms with van der Waals surface area (Å²) < 4.78 is 6.17. The number of hydrogen-bond acceptors (Lipinski definition) is 6. The number of primary amides is 1. The van der Waals surface area contributed by atoms with Gasteiger partial charge >= 0.3 is 0 Å². The maximum atomic E-state index is 12.1. The Balaban J connectivity index is 2.17. The highest BCUT2D eigenvalue weighted by Gasteiger charge is 2.19. The summed E-state index contributed by atoms with van der Waals surface area (Å²) >= 11 is 11.7. The topological polar surface area (TPSA) is 138 Å². The Hall–Kier alpha value is -2.62. The number of carbonyl (C=O) groups excluding carboxylic acids is 1. The van der Waals surface area contributed by atoms with Crippen LogP contribution in [-0.4, -0.2) is 33.2 Å². The molecule has 1 amide bonds. The van der Waals surface area contributed by atoms with Crippen LogP contribution in [0.2, 0.25) is 10.0 Å². The van der Waals surface area contributed by atoms with Crippen LogP contribution < -0.4 is 16.0 Å². The first-order valence-electron chi connectivity index (χ1n) is 7.13. The molecule has 138 valence electrons. The number of carbonyl (C=O) groups is 1. The molecular formula is C15H13Cl2N3O6. The van der Waals surface area contributed by atoms with Gasteiger partial charge in [-0.3, -0.25) is 19.7 Å². The van der Waals surface area contributed by atoms with Gasteiger partial charge in [0.25, 0.3) is 17.2 Å². The second kappa shape index (κ2) is 8.17. The zero-order valence-electron chi connectivity index (χ0n) is 13.1. The second-order valence-corrected chi connectivity index (χ2v) is 6.07. The minimum Gasteiger partial charge on any atom is -0.489 e. The van der Waals surface area contributed by atoms with Crippen molar-refractivity contribution >= 4 is 34.8 Å². The zero-order chi connectivity index (χ0) is 19.4. The molecule has 3 N–H and O–H groups in total. The van der Waals surface area contributed by atoms with E-state index in [0.717, 1.165) is 16.8 Å². The fourth-order valence-corrected chi connectivity index (χ4v) is 2.55. The minimum absolute atomic E-state index is 0.230. The summed E-state index contributed by atoms with van der Waals surface area (Å²) in [6, 6.07) is 5.29. The second-order valence-electron chi connectivity index (χ2n) is 5.23. The molecule has 11 heteroatoms. The summed E-state index contributed by atoms with van der Waals surface area (Å²) in [5.41, 5.74) is 3.15. The smallest absolute Gasteiger partial charge is 0.286 e. The number of aliphatic hydroxyl groups excluding tert-OH is 1. The fourth-order valence-electron chi connectivity index (χ4n) is 2.09. The summed E-state index contributed by atoms with van der Waals surface area (Å²) in [6.45, 7) is -0.617. The Morgan fingerprint density at radius 3 is 2.65 bits per heavy atom. The molecule has 0 unspecified atom stereocenters. The largest absolute Gasteiger partial charge is 0.489 e. The van der Waals surface area contributed by atoms with E-state index in [1.165, 1.54) is 12.1 Å². The molecule has 0 spiro atoms. The lowest BCUT2D eigenvalue weighted by atomic mass is 10.2. The van der Waals surface area contributed by atoms with Gasteiger partial charge in [0.2, 0.25) is 0 Å². The standard InChI is InChI=1S/C15H13Cl2N3O6/c16-8-1-2-13(12(17)3-8)26-7-10(21)6-19-5-9(20(24)25)4-11(14(18)22)15(19)23/h1-5,10,21H,6-7H2,(H2,18,22)/t10-/m1/s1. The number of aliphatic hydroxyl groups is 1. The van der Waals surface area contributed by atoms with Gasteiger partial charge in [0, 0.05) is 11.1 Å². The van der Waals surface area contributed by atoms with Crippen LogP contribution in [0, 0.1) is 10.1 Å². The van der Waals surface area contributed by atoms with E-state index in [-0.39, 0.29) is 23.9 Å². The number of amides is 1. The first-order valence-corrected chi connectivity index (χ1v) is 7.89. The van der Waals surface area contributed by atoms with Crippen molar-refractivity contribution in [3.8, 4) is 5.75 Å². The quantitative estimate of drug-likeness (QED) is 0.533. The Labute approximate surface area is 156 Å². The van der Waals surface area contributed by atoms with Gasteiger partial charge in [0.1, 0.15) is 24.0 Å². The molecule has 1 heterocycles. The molecule has 1 aromatic carbocycles. The highest BCUT2D eigenvalue weighted by atomic mass is 35.5. The summed E-state index contributed by atoms with van der Waals surface area (Å²) in [5.74, 6) is -0.842. The average molecular weight is 402 g/mol. The molecule has 0 saturated heterocycles. The molecule has 0 bridgehead atoms. The maximum absolute atomic E-state index is 12.1. The Bertz CT molecular complexity index is 915. The monoisotopic (exact) mass is 401 g/mol. The van der Waals surface area contributed by atoms with E-state index in [4.69, 9.17) is 33.7 Å². The third-order valence-corrected chi connectivity index (χ3v) is 3.81. The highest BCUT2D eigenvalue weighted by molar-refractivity contribution is 6.35. The van der Waals surface area contributed by atoms with E-state index < -0.39 is 33.7 Å². The summed E-state index contributed by atoms with van der Waals surface area (Å²) in [6.07, 6.45) is -0.310. The molecule has 9 nitrogen and oxygen atoms in total. The number of nitro groups is 1. The molecule has 0 fully saturated rings. The number of benzene rings is 1. The number of ether oxygens (including phenoxy) is 1. The summed E-state index contributed by atoms with van der Waals surface area (Å²) in [4.78, 5) is 33.6. The lowest BCUT2D eigenvalue weighted by Gasteiger charge is -2.15. The number of aromatic nitrogens is 1. The van der Waals surface area contributed by atoms with Crippen LogP contribution in [0.25, 0.3) is 0 Å². The zero-order valence-corrected chi connectivity index (χ0v) is 14.6. The van der Waals surface area contributed by atoms with Crippen LogP contribution in [0.4, 0.5) is 5.69 Å². The minimum atomic E-state index is -1.22. The first-order chi connectivity index (χ1) is 12.2. The lowest BCUT2D eigenvalue weighted by Crippen LogP contribution is -2.34. The number of nitrogens with two attached hydrogens (primary N) is 1. The molecule has 2 aromatic rings. The molecule has 0 aliphatic heterocycles. The molecule has 2 rings (SSSR count). The van der Waals surface area contributed by atoms with Gasteiger partial charge in [0.15, 0.2) is 0 Å². The maximum Gasteiger partial charge on any atom is 0.286 e. The van der Waals surface area contributed by atoms with E-state index >= 15 is 0 Å². The predicted molar refractivity (Wildman–Crippen MR) is 93.8 cm³/mol. The normalized spacial score (nSPS) is 11.8. The van der Waals surface area contributed by atoms with Crippen LogP contribution in [0.3, 0.4) is 0 Å². The van der Waals surface area contributed by atoms with E-state index in [2.05, 4.69) is 0 Å². The van der Waals surface area contributed by atoms with E-state index in [1.807, 2.05) is 0 Å². The highest BCUT2D eigenvalue weighted by Crippen LogP contribution is 2.27. The van der Waals surface area contributed by atoms with Crippen molar-refractivity contribution in [3.05, 3.63) is 66.5 Å².